The monoisotopic (exact) mass is 444 g/mol. The van der Waals surface area contributed by atoms with Gasteiger partial charge in [0, 0.05) is 48.5 Å². The normalized spacial score (nSPS) is 16.1. The molecule has 7 nitrogen and oxygen atoms in total. The molecule has 2 aliphatic rings. The van der Waals surface area contributed by atoms with Crippen molar-refractivity contribution in [3.05, 3.63) is 64.4 Å². The number of hydrogen-bond donors (Lipinski definition) is 2. The maximum absolute atomic E-state index is 14.0. The zero-order valence-electron chi connectivity index (χ0n) is 16.7. The van der Waals surface area contributed by atoms with Crippen LogP contribution in [0.2, 0.25) is 5.02 Å². The summed E-state index contributed by atoms with van der Waals surface area (Å²) in [6.45, 7) is 1.29. The summed E-state index contributed by atoms with van der Waals surface area (Å²) in [6, 6.07) is 10.6. The predicted octanol–water partition coefficient (Wildman–Crippen LogP) is 3.36. The van der Waals surface area contributed by atoms with Gasteiger partial charge in [-0.25, -0.2) is 9.18 Å². The number of urea groups is 1. The Morgan fingerprint density at radius 2 is 1.52 bits per heavy atom. The van der Waals surface area contributed by atoms with E-state index in [1.165, 1.54) is 23.1 Å². The first-order valence-electron chi connectivity index (χ1n) is 10.1. The Labute approximate surface area is 184 Å². The highest BCUT2D eigenvalue weighted by atomic mass is 35.5. The number of rotatable bonds is 4. The third-order valence-electron chi connectivity index (χ3n) is 5.32. The number of halogens is 2. The van der Waals surface area contributed by atoms with E-state index in [2.05, 4.69) is 10.6 Å². The minimum Gasteiger partial charge on any atom is -0.335 e. The van der Waals surface area contributed by atoms with E-state index in [1.54, 1.807) is 29.2 Å². The lowest BCUT2D eigenvalue weighted by Crippen LogP contribution is -2.50. The Kier molecular flexibility index (Phi) is 6.08. The van der Waals surface area contributed by atoms with E-state index in [1.807, 2.05) is 0 Å². The third kappa shape index (κ3) is 5.14. The molecule has 4 rings (SSSR count). The van der Waals surface area contributed by atoms with E-state index in [0.717, 1.165) is 12.8 Å². The Morgan fingerprint density at radius 1 is 0.903 bits per heavy atom. The zero-order valence-corrected chi connectivity index (χ0v) is 17.5. The van der Waals surface area contributed by atoms with Gasteiger partial charge in [-0.2, -0.15) is 0 Å². The lowest BCUT2D eigenvalue weighted by Gasteiger charge is -2.35. The maximum Gasteiger partial charge on any atom is 0.319 e. The summed E-state index contributed by atoms with van der Waals surface area (Å²) >= 11 is 5.88. The van der Waals surface area contributed by atoms with Gasteiger partial charge >= 0.3 is 6.03 Å². The SMILES string of the molecule is O=C(Nc1ccc(C(=O)N2CCN(C(=O)c3cc(Cl)ccc3F)CC2)cc1)NC1CC1. The van der Waals surface area contributed by atoms with E-state index in [-0.39, 0.29) is 23.5 Å². The van der Waals surface area contributed by atoms with Crippen LogP contribution in [-0.4, -0.2) is 59.9 Å². The van der Waals surface area contributed by atoms with E-state index < -0.39 is 11.7 Å². The molecule has 0 bridgehead atoms. The lowest BCUT2D eigenvalue weighted by molar-refractivity contribution is 0.0533. The third-order valence-corrected chi connectivity index (χ3v) is 5.55. The van der Waals surface area contributed by atoms with Gasteiger partial charge < -0.3 is 20.4 Å². The number of nitrogens with one attached hydrogen (secondary N) is 2. The van der Waals surface area contributed by atoms with Crippen LogP contribution in [0.15, 0.2) is 42.5 Å². The van der Waals surface area contributed by atoms with Crippen molar-refractivity contribution < 1.29 is 18.8 Å². The van der Waals surface area contributed by atoms with Gasteiger partial charge in [-0.1, -0.05) is 11.6 Å². The molecule has 1 aliphatic heterocycles. The molecule has 31 heavy (non-hydrogen) atoms. The van der Waals surface area contributed by atoms with Gasteiger partial charge in [0.25, 0.3) is 11.8 Å². The first kappa shape index (κ1) is 21.1. The molecular formula is C22H22ClFN4O3. The van der Waals surface area contributed by atoms with Crippen LogP contribution in [0, 0.1) is 5.82 Å². The van der Waals surface area contributed by atoms with Crippen molar-refractivity contribution in [2.75, 3.05) is 31.5 Å². The average molecular weight is 445 g/mol. The predicted molar refractivity (Wildman–Crippen MR) is 115 cm³/mol. The molecule has 9 heteroatoms. The summed E-state index contributed by atoms with van der Waals surface area (Å²) < 4.78 is 14.0. The Bertz CT molecular complexity index is 1000. The van der Waals surface area contributed by atoms with Crippen molar-refractivity contribution in [2.45, 2.75) is 18.9 Å². The number of amides is 4. The van der Waals surface area contributed by atoms with E-state index in [0.29, 0.717) is 42.5 Å². The zero-order chi connectivity index (χ0) is 22.0. The fourth-order valence-corrected chi connectivity index (χ4v) is 3.58. The quantitative estimate of drug-likeness (QED) is 0.758. The van der Waals surface area contributed by atoms with Crippen LogP contribution in [0.3, 0.4) is 0 Å². The first-order valence-corrected chi connectivity index (χ1v) is 10.5. The average Bonchev–Trinajstić information content (AvgIpc) is 3.59. The Hall–Kier alpha value is -3.13. The second-order valence-electron chi connectivity index (χ2n) is 7.66. The largest absolute Gasteiger partial charge is 0.335 e. The van der Waals surface area contributed by atoms with Crippen molar-refractivity contribution in [1.82, 2.24) is 15.1 Å². The lowest BCUT2D eigenvalue weighted by atomic mass is 10.1. The number of anilines is 1. The second-order valence-corrected chi connectivity index (χ2v) is 8.10. The van der Waals surface area contributed by atoms with Crippen LogP contribution >= 0.6 is 11.6 Å². The van der Waals surface area contributed by atoms with Gasteiger partial charge in [0.1, 0.15) is 5.82 Å². The van der Waals surface area contributed by atoms with Gasteiger partial charge in [0.2, 0.25) is 0 Å². The molecule has 4 amide bonds. The van der Waals surface area contributed by atoms with Gasteiger partial charge in [0.15, 0.2) is 0 Å². The minimum absolute atomic E-state index is 0.0684. The van der Waals surface area contributed by atoms with Gasteiger partial charge in [0.05, 0.1) is 5.56 Å². The van der Waals surface area contributed by atoms with Crippen LogP contribution in [0.25, 0.3) is 0 Å². The molecule has 1 saturated heterocycles. The smallest absolute Gasteiger partial charge is 0.319 e. The maximum atomic E-state index is 14.0. The Morgan fingerprint density at radius 3 is 2.13 bits per heavy atom. The molecule has 0 spiro atoms. The van der Waals surface area contributed by atoms with Crippen LogP contribution in [0.5, 0.6) is 0 Å². The summed E-state index contributed by atoms with van der Waals surface area (Å²) in [5.74, 6) is -1.21. The number of nitrogens with zero attached hydrogens (tertiary/aromatic N) is 2. The van der Waals surface area contributed by atoms with Crippen molar-refractivity contribution in [3.8, 4) is 0 Å². The molecule has 2 aromatic rings. The second kappa shape index (κ2) is 8.93. The number of hydrogen-bond acceptors (Lipinski definition) is 3. The number of carbonyl (C=O) groups excluding carboxylic acids is 3. The molecule has 0 aromatic heterocycles. The molecule has 2 N–H and O–H groups in total. The summed E-state index contributed by atoms with van der Waals surface area (Å²) in [5.41, 5.74) is 1.03. The van der Waals surface area contributed by atoms with Crippen LogP contribution in [-0.2, 0) is 0 Å². The van der Waals surface area contributed by atoms with Crippen molar-refractivity contribution >= 4 is 35.1 Å². The number of piperazine rings is 1. The molecule has 0 unspecified atom stereocenters. The van der Waals surface area contributed by atoms with Gasteiger partial charge in [-0.3, -0.25) is 9.59 Å². The first-order chi connectivity index (χ1) is 14.9. The van der Waals surface area contributed by atoms with Crippen molar-refractivity contribution in [3.63, 3.8) is 0 Å². The van der Waals surface area contributed by atoms with Crippen molar-refractivity contribution in [1.29, 1.82) is 0 Å². The molecular weight excluding hydrogens is 423 g/mol. The topological polar surface area (TPSA) is 81.8 Å². The van der Waals surface area contributed by atoms with Crippen LogP contribution in [0.4, 0.5) is 14.9 Å². The summed E-state index contributed by atoms with van der Waals surface area (Å²) in [7, 11) is 0. The minimum atomic E-state index is -0.618. The van der Waals surface area contributed by atoms with Crippen molar-refractivity contribution in [2.24, 2.45) is 0 Å². The number of benzene rings is 2. The highest BCUT2D eigenvalue weighted by molar-refractivity contribution is 6.31. The summed E-state index contributed by atoms with van der Waals surface area (Å²) in [5, 5.41) is 5.87. The molecule has 162 valence electrons. The van der Waals surface area contributed by atoms with Crippen LogP contribution in [0.1, 0.15) is 33.6 Å². The molecule has 2 fully saturated rings. The standard InChI is InChI=1S/C22H22ClFN4O3/c23-15-3-8-19(24)18(13-15)21(30)28-11-9-27(10-12-28)20(29)14-1-4-16(5-2-14)25-22(31)26-17-6-7-17/h1-5,8,13,17H,6-7,9-12H2,(H2,25,26,31). The van der Waals surface area contributed by atoms with E-state index >= 15 is 0 Å². The summed E-state index contributed by atoms with van der Waals surface area (Å²) in [4.78, 5) is 40.3. The summed E-state index contributed by atoms with van der Waals surface area (Å²) in [6.07, 6.45) is 2.02. The Balaban J connectivity index is 1.32. The van der Waals surface area contributed by atoms with Gasteiger partial charge in [-0.05, 0) is 55.3 Å². The number of carbonyl (C=O) groups is 3. The molecule has 1 heterocycles. The molecule has 1 aliphatic carbocycles. The molecule has 0 radical (unpaired) electrons. The fourth-order valence-electron chi connectivity index (χ4n) is 3.40. The van der Waals surface area contributed by atoms with Crippen LogP contribution < -0.4 is 10.6 Å². The molecule has 0 atom stereocenters. The fraction of sp³-hybridized carbons (Fsp3) is 0.318. The van der Waals surface area contributed by atoms with Gasteiger partial charge in [-0.15, -0.1) is 0 Å². The molecule has 2 aromatic carbocycles. The highest BCUT2D eigenvalue weighted by Crippen LogP contribution is 2.20. The highest BCUT2D eigenvalue weighted by Gasteiger charge is 2.27. The van der Waals surface area contributed by atoms with E-state index in [4.69, 9.17) is 11.6 Å². The molecule has 1 saturated carbocycles. The van der Waals surface area contributed by atoms with E-state index in [9.17, 15) is 18.8 Å².